The van der Waals surface area contributed by atoms with Crippen LogP contribution in [0.3, 0.4) is 0 Å². The molecule has 0 saturated carbocycles. The summed E-state index contributed by atoms with van der Waals surface area (Å²) in [5.74, 6) is 0. The van der Waals surface area contributed by atoms with Gasteiger partial charge in [-0.1, -0.05) is 29.8 Å². The topological polar surface area (TPSA) is 0 Å². The maximum absolute atomic E-state index is 3.79. The summed E-state index contributed by atoms with van der Waals surface area (Å²) in [6.07, 6.45) is 0. The van der Waals surface area contributed by atoms with E-state index >= 15 is 0 Å². The van der Waals surface area contributed by atoms with E-state index in [1.54, 1.807) is 0 Å². The van der Waals surface area contributed by atoms with Gasteiger partial charge in [-0.25, -0.2) is 0 Å². The number of hydrogen-bond acceptors (Lipinski definition) is 2. The summed E-state index contributed by atoms with van der Waals surface area (Å²) in [7, 11) is 0. The highest BCUT2D eigenvalue weighted by molar-refractivity contribution is 9.10. The molecule has 2 aromatic carbocycles. The van der Waals surface area contributed by atoms with Crippen LogP contribution >= 0.6 is 38.6 Å². The minimum absolute atomic E-state index is 1.22. The third-order valence-corrected chi connectivity index (χ3v) is 6.76. The van der Waals surface area contributed by atoms with Crippen molar-refractivity contribution in [1.29, 1.82) is 0 Å². The van der Waals surface area contributed by atoms with Gasteiger partial charge in [0.15, 0.2) is 0 Å². The summed E-state index contributed by atoms with van der Waals surface area (Å²) in [4.78, 5) is 1.34. The molecular formula is C17H11BrS2. The largest absolute Gasteiger partial charge is 0.143 e. The van der Waals surface area contributed by atoms with Gasteiger partial charge < -0.3 is 0 Å². The first kappa shape index (κ1) is 12.6. The van der Waals surface area contributed by atoms with Crippen LogP contribution in [0.2, 0.25) is 0 Å². The van der Waals surface area contributed by atoms with Crippen molar-refractivity contribution in [3.63, 3.8) is 0 Å². The second kappa shape index (κ2) is 4.69. The van der Waals surface area contributed by atoms with Crippen LogP contribution in [-0.4, -0.2) is 0 Å². The van der Waals surface area contributed by atoms with Crippen LogP contribution in [0.5, 0.6) is 0 Å². The quantitative estimate of drug-likeness (QED) is 0.348. The summed E-state index contributed by atoms with van der Waals surface area (Å²) in [6.45, 7) is 2.15. The molecule has 0 aliphatic heterocycles. The highest BCUT2D eigenvalue weighted by Gasteiger charge is 2.14. The van der Waals surface area contributed by atoms with Gasteiger partial charge in [-0.3, -0.25) is 0 Å². The standard InChI is InChI=1S/C17H11BrS2/c1-10-6-7-14-12(8-10)13(9-19-14)17-16(18)11-4-2-3-5-15(11)20-17/h2-9H,1H3. The van der Waals surface area contributed by atoms with E-state index < -0.39 is 0 Å². The Morgan fingerprint density at radius 1 is 0.950 bits per heavy atom. The molecule has 0 saturated heterocycles. The van der Waals surface area contributed by atoms with Gasteiger partial charge in [0.2, 0.25) is 0 Å². The van der Waals surface area contributed by atoms with Crippen molar-refractivity contribution in [2.75, 3.05) is 0 Å². The number of hydrogen-bond donors (Lipinski definition) is 0. The number of thiophene rings is 2. The lowest BCUT2D eigenvalue weighted by atomic mass is 10.1. The fourth-order valence-corrected chi connectivity index (χ4v) is 5.57. The van der Waals surface area contributed by atoms with E-state index in [2.05, 4.69) is 70.7 Å². The van der Waals surface area contributed by atoms with Gasteiger partial charge in [0.25, 0.3) is 0 Å². The maximum Gasteiger partial charge on any atom is 0.0512 e. The molecule has 98 valence electrons. The molecular weight excluding hydrogens is 348 g/mol. The van der Waals surface area contributed by atoms with Gasteiger partial charge in [0, 0.05) is 35.6 Å². The lowest BCUT2D eigenvalue weighted by Crippen LogP contribution is -1.74. The third-order valence-electron chi connectivity index (χ3n) is 3.51. The predicted octanol–water partition coefficient (Wildman–Crippen LogP) is 6.85. The molecule has 0 amide bonds. The van der Waals surface area contributed by atoms with Crippen molar-refractivity contribution in [3.05, 3.63) is 57.9 Å². The maximum atomic E-state index is 3.79. The van der Waals surface area contributed by atoms with E-state index in [0.29, 0.717) is 0 Å². The van der Waals surface area contributed by atoms with E-state index in [1.165, 1.54) is 40.6 Å². The molecule has 0 aliphatic rings. The second-order valence-electron chi connectivity index (χ2n) is 4.89. The van der Waals surface area contributed by atoms with Gasteiger partial charge in [-0.05, 0) is 41.1 Å². The number of fused-ring (bicyclic) bond motifs is 2. The molecule has 0 N–H and O–H groups in total. The van der Waals surface area contributed by atoms with E-state index in [4.69, 9.17) is 0 Å². The summed E-state index contributed by atoms with van der Waals surface area (Å²) in [5.41, 5.74) is 2.66. The number of rotatable bonds is 1. The van der Waals surface area contributed by atoms with Gasteiger partial charge in [0.05, 0.1) is 4.88 Å². The van der Waals surface area contributed by atoms with Crippen molar-refractivity contribution in [1.82, 2.24) is 0 Å². The summed E-state index contributed by atoms with van der Waals surface area (Å²) < 4.78 is 3.91. The number of aryl methyl sites for hydroxylation is 1. The fourth-order valence-electron chi connectivity index (χ4n) is 2.51. The van der Waals surface area contributed by atoms with Crippen LogP contribution < -0.4 is 0 Å². The molecule has 0 bridgehead atoms. The Labute approximate surface area is 133 Å². The Kier molecular flexibility index (Phi) is 2.95. The van der Waals surface area contributed by atoms with Crippen molar-refractivity contribution < 1.29 is 0 Å². The highest BCUT2D eigenvalue weighted by Crippen LogP contribution is 2.46. The molecule has 2 heterocycles. The van der Waals surface area contributed by atoms with Crippen LogP contribution in [0.4, 0.5) is 0 Å². The Hall–Kier alpha value is -1.16. The molecule has 4 aromatic rings. The first-order chi connectivity index (χ1) is 9.74. The molecule has 4 rings (SSSR count). The normalized spacial score (nSPS) is 11.5. The lowest BCUT2D eigenvalue weighted by Gasteiger charge is -1.99. The minimum atomic E-state index is 1.22. The number of benzene rings is 2. The van der Waals surface area contributed by atoms with Crippen LogP contribution in [0.15, 0.2) is 52.3 Å². The van der Waals surface area contributed by atoms with Gasteiger partial charge in [-0.2, -0.15) is 0 Å². The van der Waals surface area contributed by atoms with E-state index in [1.807, 2.05) is 22.7 Å². The van der Waals surface area contributed by atoms with Crippen molar-refractivity contribution in [3.8, 4) is 10.4 Å². The smallest absolute Gasteiger partial charge is 0.0512 e. The SMILES string of the molecule is Cc1ccc2scc(-c3sc4ccccc4c3Br)c2c1. The molecule has 2 aromatic heterocycles. The molecule has 0 radical (unpaired) electrons. The molecule has 3 heteroatoms. The highest BCUT2D eigenvalue weighted by atomic mass is 79.9. The van der Waals surface area contributed by atoms with Crippen molar-refractivity contribution in [2.24, 2.45) is 0 Å². The molecule has 0 spiro atoms. The van der Waals surface area contributed by atoms with Gasteiger partial charge in [-0.15, -0.1) is 22.7 Å². The molecule has 0 unspecified atom stereocenters. The Bertz CT molecular complexity index is 931. The summed E-state index contributed by atoms with van der Waals surface area (Å²) in [6, 6.07) is 15.3. The fraction of sp³-hybridized carbons (Fsp3) is 0.0588. The predicted molar refractivity (Wildman–Crippen MR) is 95.1 cm³/mol. The van der Waals surface area contributed by atoms with Crippen LogP contribution in [0.25, 0.3) is 30.6 Å². The zero-order valence-corrected chi connectivity index (χ0v) is 14.0. The van der Waals surface area contributed by atoms with Crippen LogP contribution in [0, 0.1) is 6.92 Å². The first-order valence-electron chi connectivity index (χ1n) is 6.39. The molecule has 0 atom stereocenters. The molecule has 20 heavy (non-hydrogen) atoms. The first-order valence-corrected chi connectivity index (χ1v) is 8.88. The molecule has 0 aliphatic carbocycles. The summed E-state index contributed by atoms with van der Waals surface area (Å²) in [5, 5.41) is 4.95. The van der Waals surface area contributed by atoms with Crippen molar-refractivity contribution >= 4 is 58.8 Å². The Balaban J connectivity index is 2.06. The Morgan fingerprint density at radius 2 is 1.80 bits per heavy atom. The number of halogens is 1. The Morgan fingerprint density at radius 3 is 2.65 bits per heavy atom. The monoisotopic (exact) mass is 358 g/mol. The lowest BCUT2D eigenvalue weighted by molar-refractivity contribution is 1.51. The molecule has 0 nitrogen and oxygen atoms in total. The van der Waals surface area contributed by atoms with E-state index in [-0.39, 0.29) is 0 Å². The zero-order valence-electron chi connectivity index (χ0n) is 10.8. The van der Waals surface area contributed by atoms with Gasteiger partial charge >= 0.3 is 0 Å². The average molecular weight is 359 g/mol. The summed E-state index contributed by atoms with van der Waals surface area (Å²) >= 11 is 7.48. The third kappa shape index (κ3) is 1.85. The average Bonchev–Trinajstić information content (AvgIpc) is 3.00. The van der Waals surface area contributed by atoms with Crippen molar-refractivity contribution in [2.45, 2.75) is 6.92 Å². The van der Waals surface area contributed by atoms with Gasteiger partial charge in [0.1, 0.15) is 0 Å². The minimum Gasteiger partial charge on any atom is -0.143 e. The van der Waals surface area contributed by atoms with E-state index in [9.17, 15) is 0 Å². The molecule has 0 fully saturated rings. The second-order valence-corrected chi connectivity index (χ2v) is 7.65. The zero-order chi connectivity index (χ0) is 13.7. The van der Waals surface area contributed by atoms with E-state index in [0.717, 1.165) is 0 Å². The van der Waals surface area contributed by atoms with Crippen LogP contribution in [0.1, 0.15) is 5.56 Å². The van der Waals surface area contributed by atoms with Crippen LogP contribution in [-0.2, 0) is 0 Å².